The Hall–Kier alpha value is -1.91. The van der Waals surface area contributed by atoms with Gasteiger partial charge in [0.05, 0.1) is 0 Å². The number of nitrogens with zero attached hydrogens (tertiary/aromatic N) is 1. The Morgan fingerprint density at radius 1 is 1.64 bits per heavy atom. The van der Waals surface area contributed by atoms with Crippen LogP contribution in [-0.2, 0) is 4.79 Å². The van der Waals surface area contributed by atoms with Crippen molar-refractivity contribution < 1.29 is 14.4 Å². The van der Waals surface area contributed by atoms with Crippen molar-refractivity contribution in [1.29, 1.82) is 0 Å². The molecule has 0 aromatic heterocycles. The first-order valence-electron chi connectivity index (χ1n) is 3.88. The van der Waals surface area contributed by atoms with Crippen molar-refractivity contribution in [1.82, 2.24) is 0 Å². The summed E-state index contributed by atoms with van der Waals surface area (Å²) in [7, 11) is 0. The zero-order chi connectivity index (χ0) is 10.6. The number of hydrogen-bond donors (Lipinski definition) is 2. The van der Waals surface area contributed by atoms with Crippen LogP contribution in [0.1, 0.15) is 5.56 Å². The molecule has 5 heteroatoms. The van der Waals surface area contributed by atoms with E-state index in [4.69, 9.17) is 5.21 Å². The number of rotatable bonds is 2. The van der Waals surface area contributed by atoms with Crippen molar-refractivity contribution in [3.05, 3.63) is 29.6 Å². The molecular weight excluding hydrogens is 187 g/mol. The third-order valence-electron chi connectivity index (χ3n) is 1.60. The van der Waals surface area contributed by atoms with Gasteiger partial charge < -0.3 is 10.5 Å². The monoisotopic (exact) mass is 196 g/mol. The van der Waals surface area contributed by atoms with Crippen LogP contribution >= 0.6 is 0 Å². The van der Waals surface area contributed by atoms with E-state index < -0.39 is 5.91 Å². The van der Waals surface area contributed by atoms with Gasteiger partial charge in [-0.2, -0.15) is 0 Å². The summed E-state index contributed by atoms with van der Waals surface area (Å²) in [6, 6.07) is 4.16. The van der Waals surface area contributed by atoms with Crippen LogP contribution in [0.2, 0.25) is 0 Å². The molecule has 1 amide bonds. The average molecular weight is 196 g/mol. The lowest BCUT2D eigenvalue weighted by Crippen LogP contribution is -2.12. The molecule has 0 aliphatic rings. The van der Waals surface area contributed by atoms with Gasteiger partial charge in [-0.25, -0.2) is 4.39 Å². The Bertz CT molecular complexity index is 377. The third-order valence-corrected chi connectivity index (χ3v) is 1.60. The van der Waals surface area contributed by atoms with E-state index in [-0.39, 0.29) is 5.82 Å². The maximum absolute atomic E-state index is 12.8. The Labute approximate surface area is 80.0 Å². The minimum atomic E-state index is -0.571. The van der Waals surface area contributed by atoms with Crippen LogP contribution < -0.4 is 5.32 Å². The number of nitrogens with one attached hydrogen (secondary N) is 1. The van der Waals surface area contributed by atoms with E-state index >= 15 is 0 Å². The molecule has 2 N–H and O–H groups in total. The van der Waals surface area contributed by atoms with Gasteiger partial charge in [0.2, 0.25) is 0 Å². The second kappa shape index (κ2) is 4.36. The molecule has 0 saturated heterocycles. The van der Waals surface area contributed by atoms with E-state index in [0.717, 1.165) is 6.21 Å². The zero-order valence-electron chi connectivity index (χ0n) is 7.49. The van der Waals surface area contributed by atoms with Crippen molar-refractivity contribution in [2.75, 3.05) is 5.32 Å². The second-order valence-corrected chi connectivity index (χ2v) is 2.70. The highest BCUT2D eigenvalue weighted by Crippen LogP contribution is 2.13. The highest BCUT2D eigenvalue weighted by Gasteiger charge is 2.01. The lowest BCUT2D eigenvalue weighted by molar-refractivity contribution is -0.110. The second-order valence-electron chi connectivity index (χ2n) is 2.70. The zero-order valence-corrected chi connectivity index (χ0v) is 7.49. The van der Waals surface area contributed by atoms with Crippen molar-refractivity contribution in [2.45, 2.75) is 6.92 Å². The maximum Gasteiger partial charge on any atom is 0.270 e. The topological polar surface area (TPSA) is 61.7 Å². The highest BCUT2D eigenvalue weighted by atomic mass is 19.1. The number of aryl methyl sites for hydroxylation is 1. The molecule has 0 aliphatic heterocycles. The van der Waals surface area contributed by atoms with Crippen LogP contribution in [0.25, 0.3) is 0 Å². The molecule has 1 rings (SSSR count). The van der Waals surface area contributed by atoms with E-state index in [9.17, 15) is 9.18 Å². The summed E-state index contributed by atoms with van der Waals surface area (Å²) < 4.78 is 12.8. The van der Waals surface area contributed by atoms with E-state index in [2.05, 4.69) is 10.5 Å². The molecule has 14 heavy (non-hydrogen) atoms. The van der Waals surface area contributed by atoms with Gasteiger partial charge in [-0.3, -0.25) is 4.79 Å². The summed E-state index contributed by atoms with van der Waals surface area (Å²) in [5.41, 5.74) is 0.887. The molecule has 4 nitrogen and oxygen atoms in total. The van der Waals surface area contributed by atoms with E-state index in [1.165, 1.54) is 18.2 Å². The van der Waals surface area contributed by atoms with Crippen LogP contribution in [-0.4, -0.2) is 17.3 Å². The number of anilines is 1. The minimum Gasteiger partial charge on any atom is -0.411 e. The fraction of sp³-hybridized carbons (Fsp3) is 0.111. The summed E-state index contributed by atoms with van der Waals surface area (Å²) in [6.07, 6.45) is 0.721. The van der Waals surface area contributed by atoms with E-state index in [1.807, 2.05) is 0 Å². The molecule has 74 valence electrons. The van der Waals surface area contributed by atoms with Gasteiger partial charge in [0, 0.05) is 5.69 Å². The first kappa shape index (κ1) is 10.2. The fourth-order valence-corrected chi connectivity index (χ4v) is 0.949. The Balaban J connectivity index is 2.78. The number of oxime groups is 1. The first-order chi connectivity index (χ1) is 6.63. The molecular formula is C9H9FN2O2. The van der Waals surface area contributed by atoms with Crippen molar-refractivity contribution in [2.24, 2.45) is 5.16 Å². The number of amides is 1. The summed E-state index contributed by atoms with van der Waals surface area (Å²) in [6.45, 7) is 1.59. The standard InChI is InChI=1S/C9H9FN2O2/c1-6-4-7(2-3-8(6)10)12-9(13)5-11-14/h2-5,14H,1H3,(H,12,13). The summed E-state index contributed by atoms with van der Waals surface area (Å²) in [5.74, 6) is -0.905. The molecule has 0 saturated carbocycles. The molecule has 1 aromatic carbocycles. The lowest BCUT2D eigenvalue weighted by atomic mass is 10.2. The van der Waals surface area contributed by atoms with E-state index in [0.29, 0.717) is 11.3 Å². The highest BCUT2D eigenvalue weighted by molar-refractivity contribution is 6.31. The first-order valence-corrected chi connectivity index (χ1v) is 3.88. The molecule has 0 bridgehead atoms. The van der Waals surface area contributed by atoms with Crippen molar-refractivity contribution >= 4 is 17.8 Å². The maximum atomic E-state index is 12.8. The summed E-state index contributed by atoms with van der Waals surface area (Å²) in [4.78, 5) is 10.9. The molecule has 0 heterocycles. The minimum absolute atomic E-state index is 0.334. The Kier molecular flexibility index (Phi) is 3.17. The lowest BCUT2D eigenvalue weighted by Gasteiger charge is -2.02. The molecule has 0 unspecified atom stereocenters. The van der Waals surface area contributed by atoms with Gasteiger partial charge >= 0.3 is 0 Å². The van der Waals surface area contributed by atoms with Gasteiger partial charge in [0.1, 0.15) is 12.0 Å². The van der Waals surface area contributed by atoms with Gasteiger partial charge in [-0.1, -0.05) is 5.16 Å². The predicted octanol–water partition coefficient (Wildman–Crippen LogP) is 1.53. The van der Waals surface area contributed by atoms with E-state index in [1.54, 1.807) is 6.92 Å². The molecule has 1 aromatic rings. The Morgan fingerprint density at radius 3 is 2.93 bits per heavy atom. The predicted molar refractivity (Wildman–Crippen MR) is 50.0 cm³/mol. The molecule has 0 spiro atoms. The average Bonchev–Trinajstić information content (AvgIpc) is 2.12. The quantitative estimate of drug-likeness (QED) is 0.428. The van der Waals surface area contributed by atoms with Gasteiger partial charge in [0.15, 0.2) is 0 Å². The normalized spacial score (nSPS) is 10.4. The van der Waals surface area contributed by atoms with Gasteiger partial charge in [0.25, 0.3) is 5.91 Å². The molecule has 0 aliphatic carbocycles. The Morgan fingerprint density at radius 2 is 2.36 bits per heavy atom. The smallest absolute Gasteiger partial charge is 0.270 e. The fourth-order valence-electron chi connectivity index (χ4n) is 0.949. The SMILES string of the molecule is Cc1cc(NC(=O)C=NO)ccc1F. The number of hydrogen-bond acceptors (Lipinski definition) is 3. The van der Waals surface area contributed by atoms with Crippen molar-refractivity contribution in [3.63, 3.8) is 0 Å². The molecule has 0 atom stereocenters. The van der Waals surface area contributed by atoms with Gasteiger partial charge in [-0.05, 0) is 30.7 Å². The van der Waals surface area contributed by atoms with Crippen LogP contribution in [0.4, 0.5) is 10.1 Å². The third kappa shape index (κ3) is 2.55. The van der Waals surface area contributed by atoms with Crippen molar-refractivity contribution in [3.8, 4) is 0 Å². The number of benzene rings is 1. The number of carbonyl (C=O) groups excluding carboxylic acids is 1. The molecule has 0 fully saturated rings. The summed E-state index contributed by atoms with van der Waals surface area (Å²) in [5, 5.41) is 13.0. The summed E-state index contributed by atoms with van der Waals surface area (Å²) >= 11 is 0. The number of halogens is 1. The van der Waals surface area contributed by atoms with Crippen LogP contribution in [0, 0.1) is 12.7 Å². The largest absolute Gasteiger partial charge is 0.411 e. The molecule has 0 radical (unpaired) electrons. The van der Waals surface area contributed by atoms with Crippen LogP contribution in [0.15, 0.2) is 23.4 Å². The van der Waals surface area contributed by atoms with Crippen LogP contribution in [0.3, 0.4) is 0 Å². The van der Waals surface area contributed by atoms with Crippen LogP contribution in [0.5, 0.6) is 0 Å². The van der Waals surface area contributed by atoms with Gasteiger partial charge in [-0.15, -0.1) is 0 Å². The number of carbonyl (C=O) groups is 1.